The summed E-state index contributed by atoms with van der Waals surface area (Å²) in [6.45, 7) is 2.66. The largest absolute Gasteiger partial charge is 0.343 e. The fourth-order valence-corrected chi connectivity index (χ4v) is 3.19. The number of halogens is 1. The molecule has 1 aromatic carbocycles. The Morgan fingerprint density at radius 3 is 2.59 bits per heavy atom. The minimum Gasteiger partial charge on any atom is -0.343 e. The van der Waals surface area contributed by atoms with Crippen LogP contribution in [0, 0.1) is 0 Å². The van der Waals surface area contributed by atoms with E-state index < -0.39 is 0 Å². The van der Waals surface area contributed by atoms with E-state index in [0.717, 1.165) is 24.7 Å². The second kappa shape index (κ2) is 10.9. The number of hydrogen-bond donors (Lipinski definition) is 1. The van der Waals surface area contributed by atoms with Gasteiger partial charge in [0.15, 0.2) is 11.8 Å². The van der Waals surface area contributed by atoms with E-state index >= 15 is 0 Å². The Morgan fingerprint density at radius 2 is 1.83 bits per heavy atom. The molecule has 0 radical (unpaired) electrons. The maximum atomic E-state index is 5.32. The molecule has 0 saturated carbocycles. The van der Waals surface area contributed by atoms with Gasteiger partial charge in [-0.05, 0) is 43.5 Å². The molecule has 2 aromatic heterocycles. The van der Waals surface area contributed by atoms with Crippen molar-refractivity contribution in [3.05, 3.63) is 60.6 Å². The Labute approximate surface area is 187 Å². The molecule has 152 valence electrons. The predicted molar refractivity (Wildman–Crippen MR) is 124 cm³/mol. The van der Waals surface area contributed by atoms with Gasteiger partial charge in [0.25, 0.3) is 5.89 Å². The summed E-state index contributed by atoms with van der Waals surface area (Å²) in [6.07, 6.45) is 6.02. The van der Waals surface area contributed by atoms with Gasteiger partial charge < -0.3 is 14.7 Å². The number of anilines is 1. The Kier molecular flexibility index (Phi) is 7.97. The zero-order chi connectivity index (χ0) is 19.0. The first kappa shape index (κ1) is 21.2. The lowest BCUT2D eigenvalue weighted by Gasteiger charge is -2.30. The van der Waals surface area contributed by atoms with Crippen molar-refractivity contribution in [3.63, 3.8) is 0 Å². The Balaban J connectivity index is 0.00000240. The van der Waals surface area contributed by atoms with Crippen molar-refractivity contribution >= 4 is 35.6 Å². The van der Waals surface area contributed by atoms with Crippen molar-refractivity contribution in [2.75, 3.05) is 25.0 Å². The topological polar surface area (TPSA) is 79.4 Å². The van der Waals surface area contributed by atoms with Crippen LogP contribution in [0.3, 0.4) is 0 Å². The van der Waals surface area contributed by atoms with E-state index in [-0.39, 0.29) is 24.0 Å². The van der Waals surface area contributed by atoms with E-state index in [1.165, 1.54) is 19.3 Å². The van der Waals surface area contributed by atoms with E-state index in [2.05, 4.69) is 37.5 Å². The lowest BCUT2D eigenvalue weighted by molar-refractivity contribution is 0.340. The summed E-state index contributed by atoms with van der Waals surface area (Å²) in [7, 11) is 0. The number of guanidine groups is 1. The fraction of sp³-hybridized carbons (Fsp3) is 0.333. The van der Waals surface area contributed by atoms with Crippen LogP contribution < -0.4 is 5.32 Å². The van der Waals surface area contributed by atoms with Gasteiger partial charge in [0, 0.05) is 37.9 Å². The average molecular weight is 504 g/mol. The van der Waals surface area contributed by atoms with E-state index in [9.17, 15) is 0 Å². The molecular weight excluding hydrogens is 479 g/mol. The molecule has 1 saturated heterocycles. The second-order valence-corrected chi connectivity index (χ2v) is 6.72. The third-order valence-electron chi connectivity index (χ3n) is 4.63. The minimum absolute atomic E-state index is 0. The molecule has 0 unspecified atom stereocenters. The number of hydrogen-bond acceptors (Lipinski definition) is 5. The normalized spacial score (nSPS) is 14.3. The molecule has 3 aromatic rings. The van der Waals surface area contributed by atoms with Crippen LogP contribution in [0.1, 0.15) is 25.1 Å². The molecule has 0 bridgehead atoms. The minimum atomic E-state index is 0. The third kappa shape index (κ3) is 5.99. The highest BCUT2D eigenvalue weighted by molar-refractivity contribution is 14.0. The van der Waals surface area contributed by atoms with Crippen molar-refractivity contribution in [2.45, 2.75) is 25.7 Å². The monoisotopic (exact) mass is 504 g/mol. The van der Waals surface area contributed by atoms with Crippen molar-refractivity contribution in [1.29, 1.82) is 0 Å². The predicted octanol–water partition coefficient (Wildman–Crippen LogP) is 4.25. The summed E-state index contributed by atoms with van der Waals surface area (Å²) < 4.78 is 5.32. The van der Waals surface area contributed by atoms with Gasteiger partial charge in [0.1, 0.15) is 5.69 Å². The van der Waals surface area contributed by atoms with Gasteiger partial charge in [-0.1, -0.05) is 29.4 Å². The van der Waals surface area contributed by atoms with Crippen LogP contribution in [0.5, 0.6) is 0 Å². The van der Waals surface area contributed by atoms with Crippen LogP contribution in [0.15, 0.2) is 64.2 Å². The first-order valence-electron chi connectivity index (χ1n) is 9.74. The molecule has 4 rings (SSSR count). The fourth-order valence-electron chi connectivity index (χ4n) is 3.19. The third-order valence-corrected chi connectivity index (χ3v) is 4.63. The van der Waals surface area contributed by atoms with Gasteiger partial charge >= 0.3 is 0 Å². The molecule has 7 nitrogen and oxygen atoms in total. The van der Waals surface area contributed by atoms with Crippen molar-refractivity contribution < 1.29 is 4.52 Å². The highest BCUT2D eigenvalue weighted by Gasteiger charge is 2.15. The standard InChI is InChI=1S/C21H24N6O.HI/c1-3-9-17(10-4-1)24-21(27-15-7-2-8-16-27)23-14-12-19-25-20(28-26-19)18-11-5-6-13-22-18;/h1,3-6,9-11,13H,2,7-8,12,14-16H2,(H,23,24);1H. The summed E-state index contributed by atoms with van der Waals surface area (Å²) in [4.78, 5) is 15.8. The Morgan fingerprint density at radius 1 is 1.03 bits per heavy atom. The maximum Gasteiger partial charge on any atom is 0.276 e. The lowest BCUT2D eigenvalue weighted by atomic mass is 10.1. The van der Waals surface area contributed by atoms with Gasteiger partial charge in [-0.2, -0.15) is 4.98 Å². The molecule has 0 amide bonds. The SMILES string of the molecule is I.c1ccc(NC(=NCCc2noc(-c3ccccn3)n2)N2CCCCC2)cc1. The Hall–Kier alpha value is -2.49. The number of aromatic nitrogens is 3. The van der Waals surface area contributed by atoms with Crippen molar-refractivity contribution in [2.24, 2.45) is 4.99 Å². The van der Waals surface area contributed by atoms with Crippen LogP contribution >= 0.6 is 24.0 Å². The molecule has 1 aliphatic heterocycles. The number of rotatable bonds is 5. The summed E-state index contributed by atoms with van der Waals surface area (Å²) in [5.74, 6) is 2.00. The van der Waals surface area contributed by atoms with Crippen LogP contribution in [-0.4, -0.2) is 45.6 Å². The Bertz CT molecular complexity index is 894. The summed E-state index contributed by atoms with van der Waals surface area (Å²) in [5.41, 5.74) is 1.73. The summed E-state index contributed by atoms with van der Waals surface area (Å²) >= 11 is 0. The van der Waals surface area contributed by atoms with E-state index in [0.29, 0.717) is 30.4 Å². The molecule has 0 spiro atoms. The van der Waals surface area contributed by atoms with Crippen molar-refractivity contribution in [1.82, 2.24) is 20.0 Å². The first-order valence-corrected chi connectivity index (χ1v) is 9.74. The quantitative estimate of drug-likeness (QED) is 0.318. The molecular formula is C21H25IN6O. The molecule has 3 heterocycles. The van der Waals surface area contributed by atoms with E-state index in [4.69, 9.17) is 9.52 Å². The second-order valence-electron chi connectivity index (χ2n) is 6.72. The molecule has 0 aliphatic carbocycles. The van der Waals surface area contributed by atoms with E-state index in [1.807, 2.05) is 36.4 Å². The number of pyridine rings is 1. The highest BCUT2D eigenvalue weighted by atomic mass is 127. The molecule has 1 fully saturated rings. The number of nitrogens with zero attached hydrogens (tertiary/aromatic N) is 5. The number of likely N-dealkylation sites (tertiary alicyclic amines) is 1. The highest BCUT2D eigenvalue weighted by Crippen LogP contribution is 2.14. The number of para-hydroxylation sites is 1. The maximum absolute atomic E-state index is 5.32. The number of aliphatic imine (C=N–C) groups is 1. The van der Waals surface area contributed by atoms with Gasteiger partial charge in [-0.15, -0.1) is 24.0 Å². The molecule has 0 atom stereocenters. The molecule has 29 heavy (non-hydrogen) atoms. The number of benzene rings is 1. The van der Waals surface area contributed by atoms with Gasteiger partial charge in [0.05, 0.1) is 0 Å². The van der Waals surface area contributed by atoms with Gasteiger partial charge in [-0.3, -0.25) is 9.98 Å². The zero-order valence-corrected chi connectivity index (χ0v) is 18.5. The van der Waals surface area contributed by atoms with Gasteiger partial charge in [-0.25, -0.2) is 0 Å². The van der Waals surface area contributed by atoms with Crippen LogP contribution in [-0.2, 0) is 6.42 Å². The molecule has 8 heteroatoms. The lowest BCUT2D eigenvalue weighted by Crippen LogP contribution is -2.40. The van der Waals surface area contributed by atoms with Crippen molar-refractivity contribution in [3.8, 4) is 11.6 Å². The van der Waals surface area contributed by atoms with Crippen LogP contribution in [0.25, 0.3) is 11.6 Å². The van der Waals surface area contributed by atoms with E-state index in [1.54, 1.807) is 6.20 Å². The van der Waals surface area contributed by atoms with Gasteiger partial charge in [0.2, 0.25) is 0 Å². The number of nitrogens with one attached hydrogen (secondary N) is 1. The summed E-state index contributed by atoms with van der Waals surface area (Å²) in [6, 6.07) is 15.8. The zero-order valence-electron chi connectivity index (χ0n) is 16.2. The van der Waals surface area contributed by atoms with Crippen LogP contribution in [0.4, 0.5) is 5.69 Å². The molecule has 1 aliphatic rings. The van der Waals surface area contributed by atoms with Crippen LogP contribution in [0.2, 0.25) is 0 Å². The first-order chi connectivity index (χ1) is 13.9. The molecule has 1 N–H and O–H groups in total. The smallest absolute Gasteiger partial charge is 0.276 e. The summed E-state index contributed by atoms with van der Waals surface area (Å²) in [5, 5.41) is 7.52. The average Bonchev–Trinajstić information content (AvgIpc) is 3.24. The number of piperidine rings is 1.